The summed E-state index contributed by atoms with van der Waals surface area (Å²) in [4.78, 5) is 24.1. The number of carboxylic acids is 1. The fourth-order valence-corrected chi connectivity index (χ4v) is 3.43. The number of nitrogens with zero attached hydrogens (tertiary/aromatic N) is 1. The number of amides is 1. The highest BCUT2D eigenvalue weighted by atomic mass is 32.2. The van der Waals surface area contributed by atoms with Crippen molar-refractivity contribution in [1.82, 2.24) is 0 Å². The molecule has 10 heteroatoms. The van der Waals surface area contributed by atoms with Crippen LogP contribution in [0.15, 0.2) is 42.2 Å². The molecule has 0 fully saturated rings. The standard InChI is InChI=1S/C23H31N5O4S/c1-13-7-8-14(9-19(13)28(25)12-16(24)22(30)31)21(29)26-17-10-15(23(2,3)4)11-18(27-33-6)20(17)32-5/h7-12,27H,24-25H2,1-6H3,(H,26,29)(H,30,31)/b16-12-. The van der Waals surface area contributed by atoms with Gasteiger partial charge in [-0.3, -0.25) is 9.80 Å². The number of hydrogen-bond donors (Lipinski definition) is 5. The van der Waals surface area contributed by atoms with Gasteiger partial charge in [0.25, 0.3) is 5.91 Å². The van der Waals surface area contributed by atoms with Gasteiger partial charge in [0.05, 0.1) is 30.4 Å². The number of ether oxygens (including phenoxy) is 1. The van der Waals surface area contributed by atoms with Crippen molar-refractivity contribution in [3.63, 3.8) is 0 Å². The molecule has 0 atom stereocenters. The molecule has 0 aliphatic rings. The van der Waals surface area contributed by atoms with Gasteiger partial charge >= 0.3 is 5.97 Å². The summed E-state index contributed by atoms with van der Waals surface area (Å²) in [6.45, 7) is 8.04. The first-order valence-electron chi connectivity index (χ1n) is 10.1. The fourth-order valence-electron chi connectivity index (χ4n) is 3.06. The Morgan fingerprint density at radius 3 is 2.36 bits per heavy atom. The first kappa shape index (κ1) is 25.9. The molecule has 178 valence electrons. The van der Waals surface area contributed by atoms with Gasteiger partial charge in [-0.15, -0.1) is 0 Å². The molecule has 2 aromatic rings. The van der Waals surface area contributed by atoms with Gasteiger partial charge in [-0.25, -0.2) is 10.6 Å². The number of nitrogens with one attached hydrogen (secondary N) is 2. The number of benzene rings is 2. The maximum absolute atomic E-state index is 13.1. The molecular formula is C23H31N5O4S. The number of methoxy groups -OCH3 is 1. The van der Waals surface area contributed by atoms with E-state index in [0.29, 0.717) is 22.7 Å². The van der Waals surface area contributed by atoms with E-state index in [1.54, 1.807) is 32.2 Å². The third kappa shape index (κ3) is 6.33. The largest absolute Gasteiger partial charge is 0.492 e. The van der Waals surface area contributed by atoms with Crippen molar-refractivity contribution < 1.29 is 19.4 Å². The molecule has 0 spiro atoms. The van der Waals surface area contributed by atoms with E-state index < -0.39 is 11.7 Å². The van der Waals surface area contributed by atoms with E-state index >= 15 is 0 Å². The summed E-state index contributed by atoms with van der Waals surface area (Å²) in [7, 11) is 1.54. The first-order chi connectivity index (χ1) is 15.4. The predicted molar refractivity (Wildman–Crippen MR) is 135 cm³/mol. The lowest BCUT2D eigenvalue weighted by Gasteiger charge is -2.24. The maximum atomic E-state index is 13.1. The normalized spacial score (nSPS) is 11.7. The van der Waals surface area contributed by atoms with Crippen molar-refractivity contribution in [2.45, 2.75) is 33.1 Å². The molecule has 2 aromatic carbocycles. The molecule has 0 heterocycles. The molecule has 0 aliphatic heterocycles. The van der Waals surface area contributed by atoms with Gasteiger partial charge in [0.2, 0.25) is 0 Å². The van der Waals surface area contributed by atoms with E-state index in [9.17, 15) is 9.59 Å². The zero-order valence-corrected chi connectivity index (χ0v) is 20.5. The Hall–Kier alpha value is -3.37. The van der Waals surface area contributed by atoms with Crippen molar-refractivity contribution in [2.75, 3.05) is 28.4 Å². The van der Waals surface area contributed by atoms with Crippen molar-refractivity contribution in [1.29, 1.82) is 0 Å². The Balaban J connectivity index is 2.47. The highest BCUT2D eigenvalue weighted by Gasteiger charge is 2.21. The molecular weight excluding hydrogens is 442 g/mol. The predicted octanol–water partition coefficient (Wildman–Crippen LogP) is 3.81. The number of anilines is 3. The van der Waals surface area contributed by atoms with Crippen LogP contribution in [0.5, 0.6) is 5.75 Å². The monoisotopic (exact) mass is 473 g/mol. The number of rotatable bonds is 8. The minimum absolute atomic E-state index is 0.159. The van der Waals surface area contributed by atoms with Crippen LogP contribution in [0.25, 0.3) is 0 Å². The highest BCUT2D eigenvalue weighted by molar-refractivity contribution is 7.99. The first-order valence-corrected chi connectivity index (χ1v) is 11.3. The van der Waals surface area contributed by atoms with Crippen LogP contribution in [0.4, 0.5) is 17.1 Å². The average molecular weight is 474 g/mol. The number of carbonyl (C=O) groups excluding carboxylic acids is 1. The molecule has 9 nitrogen and oxygen atoms in total. The summed E-state index contributed by atoms with van der Waals surface area (Å²) in [6.07, 6.45) is 2.99. The van der Waals surface area contributed by atoms with Crippen LogP contribution in [-0.4, -0.2) is 30.3 Å². The summed E-state index contributed by atoms with van der Waals surface area (Å²) in [5.74, 6) is 4.81. The second-order valence-corrected chi connectivity index (χ2v) is 9.03. The van der Waals surface area contributed by atoms with E-state index in [1.807, 2.05) is 18.4 Å². The molecule has 0 saturated carbocycles. The summed E-state index contributed by atoms with van der Waals surface area (Å²) < 4.78 is 8.79. The van der Waals surface area contributed by atoms with Crippen molar-refractivity contribution in [3.8, 4) is 5.75 Å². The number of carboxylic acid groups (broad SMARTS) is 1. The van der Waals surface area contributed by atoms with E-state index in [0.717, 1.165) is 28.0 Å². The summed E-state index contributed by atoms with van der Waals surface area (Å²) >= 11 is 1.42. The number of hydrogen-bond acceptors (Lipinski definition) is 8. The topological polar surface area (TPSA) is 143 Å². The van der Waals surface area contributed by atoms with Gasteiger partial charge in [-0.05, 0) is 47.7 Å². The Labute approximate surface area is 198 Å². The third-order valence-corrected chi connectivity index (χ3v) is 5.32. The van der Waals surface area contributed by atoms with Crippen LogP contribution in [0.2, 0.25) is 0 Å². The molecule has 33 heavy (non-hydrogen) atoms. The van der Waals surface area contributed by atoms with Crippen LogP contribution in [0.1, 0.15) is 42.3 Å². The quantitative estimate of drug-likeness (QED) is 0.167. The SMILES string of the molecule is COc1c(NSC)cc(C(C)(C)C)cc1NC(=O)c1ccc(C)c(N(N)/C=C(\N)C(=O)O)c1. The molecule has 7 N–H and O–H groups in total. The van der Waals surface area contributed by atoms with E-state index in [-0.39, 0.29) is 11.3 Å². The summed E-state index contributed by atoms with van der Waals surface area (Å²) in [5, 5.41) is 13.0. The van der Waals surface area contributed by atoms with E-state index in [4.69, 9.17) is 21.4 Å². The Morgan fingerprint density at radius 1 is 1.18 bits per heavy atom. The van der Waals surface area contributed by atoms with Crippen LogP contribution in [0, 0.1) is 6.92 Å². The number of hydrazine groups is 1. The van der Waals surface area contributed by atoms with Gasteiger partial charge in [0.15, 0.2) is 5.75 Å². The van der Waals surface area contributed by atoms with E-state index in [2.05, 4.69) is 30.8 Å². The number of carbonyl (C=O) groups is 2. The lowest BCUT2D eigenvalue weighted by Crippen LogP contribution is -2.28. The molecule has 2 rings (SSSR count). The van der Waals surface area contributed by atoms with Gasteiger partial charge < -0.3 is 25.6 Å². The van der Waals surface area contributed by atoms with Gasteiger partial charge in [0, 0.05) is 11.8 Å². The molecule has 0 unspecified atom stereocenters. The number of aryl methyl sites for hydroxylation is 1. The Morgan fingerprint density at radius 2 is 1.82 bits per heavy atom. The van der Waals surface area contributed by atoms with Gasteiger partial charge in [-0.2, -0.15) is 0 Å². The highest BCUT2D eigenvalue weighted by Crippen LogP contribution is 2.39. The molecule has 0 radical (unpaired) electrons. The average Bonchev–Trinajstić information content (AvgIpc) is 2.73. The van der Waals surface area contributed by atoms with Crippen LogP contribution in [-0.2, 0) is 10.2 Å². The fraction of sp³-hybridized carbons (Fsp3) is 0.304. The smallest absolute Gasteiger partial charge is 0.353 e. The van der Waals surface area contributed by atoms with Gasteiger partial charge in [0.1, 0.15) is 5.70 Å². The van der Waals surface area contributed by atoms with Gasteiger partial charge in [-0.1, -0.05) is 38.8 Å². The zero-order valence-electron chi connectivity index (χ0n) is 19.6. The summed E-state index contributed by atoms with van der Waals surface area (Å²) in [5.41, 5.74) is 8.67. The lowest BCUT2D eigenvalue weighted by atomic mass is 9.86. The van der Waals surface area contributed by atoms with Crippen molar-refractivity contribution in [2.24, 2.45) is 11.6 Å². The van der Waals surface area contributed by atoms with Crippen LogP contribution in [0.3, 0.4) is 0 Å². The molecule has 0 saturated heterocycles. The second-order valence-electron chi connectivity index (χ2n) is 8.41. The second kappa shape index (κ2) is 10.5. The number of aliphatic carboxylic acids is 1. The Kier molecular flexibility index (Phi) is 8.23. The summed E-state index contributed by atoms with van der Waals surface area (Å²) in [6, 6.07) is 8.84. The minimum atomic E-state index is -1.29. The minimum Gasteiger partial charge on any atom is -0.492 e. The lowest BCUT2D eigenvalue weighted by molar-refractivity contribution is -0.132. The molecule has 0 aliphatic carbocycles. The molecule has 1 amide bonds. The molecule has 0 bridgehead atoms. The Bertz CT molecular complexity index is 1080. The molecule has 0 aromatic heterocycles. The van der Waals surface area contributed by atoms with Crippen molar-refractivity contribution >= 4 is 40.9 Å². The van der Waals surface area contributed by atoms with E-state index in [1.165, 1.54) is 11.9 Å². The van der Waals surface area contributed by atoms with Crippen LogP contribution >= 0.6 is 11.9 Å². The third-order valence-electron chi connectivity index (χ3n) is 4.89. The van der Waals surface area contributed by atoms with Crippen molar-refractivity contribution in [3.05, 3.63) is 58.9 Å². The van der Waals surface area contributed by atoms with Crippen LogP contribution < -0.4 is 31.4 Å². The zero-order chi connectivity index (χ0) is 24.9. The number of nitrogens with two attached hydrogens (primary N) is 2. The maximum Gasteiger partial charge on any atom is 0.353 e.